The zero-order valence-corrected chi connectivity index (χ0v) is 17.5. The average molecular weight is 407 g/mol. The zero-order valence-electron chi connectivity index (χ0n) is 16.6. The van der Waals surface area contributed by atoms with Crippen LogP contribution in [-0.2, 0) is 21.2 Å². The molecule has 0 aliphatic carbocycles. The molecule has 0 bridgehead atoms. The molecule has 0 heterocycles. The summed E-state index contributed by atoms with van der Waals surface area (Å²) in [5, 5.41) is 2.90. The highest BCUT2D eigenvalue weighted by Crippen LogP contribution is 2.23. The number of carbonyl (C=O) groups is 1. The van der Waals surface area contributed by atoms with E-state index in [-0.39, 0.29) is 18.2 Å². The number of amides is 1. The summed E-state index contributed by atoms with van der Waals surface area (Å²) in [6.07, 6.45) is 2.25. The minimum atomic E-state index is -3.75. The van der Waals surface area contributed by atoms with Crippen molar-refractivity contribution in [3.63, 3.8) is 0 Å². The van der Waals surface area contributed by atoms with Gasteiger partial charge in [0.1, 0.15) is 11.9 Å². The number of carbonyl (C=O) groups excluding carboxylic acids is 1. The highest BCUT2D eigenvalue weighted by atomic mass is 32.2. The molecular weight excluding hydrogens is 379 g/mol. The fraction of sp³-hybridized carbons (Fsp3) is 0.381. The van der Waals surface area contributed by atoms with Crippen LogP contribution in [0.2, 0.25) is 0 Å². The summed E-state index contributed by atoms with van der Waals surface area (Å²) in [4.78, 5) is 12.9. The molecule has 0 aliphatic rings. The van der Waals surface area contributed by atoms with Crippen molar-refractivity contribution in [3.05, 3.63) is 65.5 Å². The van der Waals surface area contributed by atoms with Gasteiger partial charge in [0.25, 0.3) is 0 Å². The molecule has 0 unspecified atom stereocenters. The Morgan fingerprint density at radius 3 is 2.11 bits per heavy atom. The summed E-state index contributed by atoms with van der Waals surface area (Å²) in [7, 11) is -3.75. The second-order valence-corrected chi connectivity index (χ2v) is 8.64. The number of anilines is 1. The Labute approximate surface area is 166 Å². The summed E-state index contributed by atoms with van der Waals surface area (Å²) in [5.74, 6) is -0.872. The highest BCUT2D eigenvalue weighted by molar-refractivity contribution is 7.92. The summed E-state index contributed by atoms with van der Waals surface area (Å²) in [5.41, 5.74) is 2.40. The SMILES string of the molecule is CCc1ccc([C@@H](C)NC(=O)[C@@H](CC)N(c2ccc(F)cc2)S(C)(=O)=O)cc1. The number of nitrogens with zero attached hydrogens (tertiary/aromatic N) is 1. The molecule has 2 atom stereocenters. The smallest absolute Gasteiger partial charge is 0.244 e. The van der Waals surface area contributed by atoms with Crippen LogP contribution in [0.5, 0.6) is 0 Å². The molecule has 7 heteroatoms. The van der Waals surface area contributed by atoms with Gasteiger partial charge in [-0.25, -0.2) is 12.8 Å². The van der Waals surface area contributed by atoms with Crippen molar-refractivity contribution in [2.24, 2.45) is 0 Å². The van der Waals surface area contributed by atoms with E-state index in [1.165, 1.54) is 29.8 Å². The largest absolute Gasteiger partial charge is 0.348 e. The Balaban J connectivity index is 2.26. The number of hydrogen-bond donors (Lipinski definition) is 1. The quantitative estimate of drug-likeness (QED) is 0.725. The Kier molecular flexibility index (Phi) is 7.18. The predicted molar refractivity (Wildman–Crippen MR) is 110 cm³/mol. The first-order chi connectivity index (χ1) is 13.2. The lowest BCUT2D eigenvalue weighted by molar-refractivity contribution is -0.122. The molecule has 2 aromatic rings. The molecule has 28 heavy (non-hydrogen) atoms. The van der Waals surface area contributed by atoms with E-state index in [2.05, 4.69) is 12.2 Å². The molecule has 152 valence electrons. The molecule has 0 saturated carbocycles. The van der Waals surface area contributed by atoms with Gasteiger partial charge in [-0.1, -0.05) is 38.1 Å². The number of aryl methyl sites for hydroxylation is 1. The third kappa shape index (κ3) is 5.32. The Morgan fingerprint density at radius 2 is 1.64 bits per heavy atom. The molecule has 0 aromatic heterocycles. The zero-order chi connectivity index (χ0) is 20.9. The van der Waals surface area contributed by atoms with Gasteiger partial charge < -0.3 is 5.32 Å². The summed E-state index contributed by atoms with van der Waals surface area (Å²) < 4.78 is 39.1. The predicted octanol–water partition coefficient (Wildman–Crippen LogP) is 3.81. The van der Waals surface area contributed by atoms with Gasteiger partial charge in [-0.3, -0.25) is 9.10 Å². The molecule has 1 amide bonds. The maximum absolute atomic E-state index is 13.3. The normalized spacial score (nSPS) is 13.6. The van der Waals surface area contributed by atoms with Crippen LogP contribution in [0.1, 0.15) is 44.4 Å². The topological polar surface area (TPSA) is 66.5 Å². The van der Waals surface area contributed by atoms with Gasteiger partial charge in [-0.05, 0) is 55.2 Å². The Hall–Kier alpha value is -2.41. The number of halogens is 1. The number of benzene rings is 2. The van der Waals surface area contributed by atoms with Crippen molar-refractivity contribution < 1.29 is 17.6 Å². The molecule has 0 spiro atoms. The average Bonchev–Trinajstić information content (AvgIpc) is 2.66. The van der Waals surface area contributed by atoms with Gasteiger partial charge >= 0.3 is 0 Å². The van der Waals surface area contributed by atoms with Crippen LogP contribution in [0.3, 0.4) is 0 Å². The molecule has 0 saturated heterocycles. The summed E-state index contributed by atoms with van der Waals surface area (Å²) >= 11 is 0. The first-order valence-corrected chi connectivity index (χ1v) is 11.2. The Morgan fingerprint density at radius 1 is 1.07 bits per heavy atom. The third-order valence-electron chi connectivity index (χ3n) is 4.66. The molecule has 0 radical (unpaired) electrons. The molecule has 0 aliphatic heterocycles. The van der Waals surface area contributed by atoms with Crippen LogP contribution in [0.4, 0.5) is 10.1 Å². The van der Waals surface area contributed by atoms with E-state index in [0.29, 0.717) is 0 Å². The molecule has 0 fully saturated rings. The first kappa shape index (κ1) is 21.9. The van der Waals surface area contributed by atoms with Crippen molar-refractivity contribution in [3.8, 4) is 0 Å². The van der Waals surface area contributed by atoms with E-state index in [4.69, 9.17) is 0 Å². The molecule has 5 nitrogen and oxygen atoms in total. The molecule has 1 N–H and O–H groups in total. The lowest BCUT2D eigenvalue weighted by Crippen LogP contribution is -2.49. The van der Waals surface area contributed by atoms with Crippen molar-refractivity contribution in [2.75, 3.05) is 10.6 Å². The van der Waals surface area contributed by atoms with Crippen molar-refractivity contribution in [1.29, 1.82) is 0 Å². The number of hydrogen-bond acceptors (Lipinski definition) is 3. The number of sulfonamides is 1. The summed E-state index contributed by atoms with van der Waals surface area (Å²) in [6, 6.07) is 11.8. The van der Waals surface area contributed by atoms with E-state index < -0.39 is 27.8 Å². The second kappa shape index (κ2) is 9.19. The van der Waals surface area contributed by atoms with E-state index in [0.717, 1.165) is 22.5 Å². The van der Waals surface area contributed by atoms with Crippen molar-refractivity contribution >= 4 is 21.6 Å². The first-order valence-electron chi connectivity index (χ1n) is 9.31. The van der Waals surface area contributed by atoms with Crippen LogP contribution in [0.25, 0.3) is 0 Å². The van der Waals surface area contributed by atoms with E-state index in [1.54, 1.807) is 6.92 Å². The second-order valence-electron chi connectivity index (χ2n) is 6.78. The number of nitrogens with one attached hydrogen (secondary N) is 1. The minimum Gasteiger partial charge on any atom is -0.348 e. The monoisotopic (exact) mass is 406 g/mol. The van der Waals surface area contributed by atoms with Crippen molar-refractivity contribution in [1.82, 2.24) is 5.32 Å². The van der Waals surface area contributed by atoms with Crippen molar-refractivity contribution in [2.45, 2.75) is 45.7 Å². The van der Waals surface area contributed by atoms with Crippen LogP contribution < -0.4 is 9.62 Å². The van der Waals surface area contributed by atoms with Gasteiger partial charge in [-0.15, -0.1) is 0 Å². The van der Waals surface area contributed by atoms with Gasteiger partial charge in [0, 0.05) is 0 Å². The van der Waals surface area contributed by atoms with Gasteiger partial charge in [0.15, 0.2) is 0 Å². The van der Waals surface area contributed by atoms with Crippen LogP contribution in [0, 0.1) is 5.82 Å². The maximum atomic E-state index is 13.3. The van der Waals surface area contributed by atoms with E-state index >= 15 is 0 Å². The lowest BCUT2D eigenvalue weighted by Gasteiger charge is -2.31. The fourth-order valence-electron chi connectivity index (χ4n) is 3.08. The van der Waals surface area contributed by atoms with Gasteiger partial charge in [0.05, 0.1) is 18.0 Å². The van der Waals surface area contributed by atoms with Gasteiger partial charge in [0.2, 0.25) is 15.9 Å². The third-order valence-corrected chi connectivity index (χ3v) is 5.84. The fourth-order valence-corrected chi connectivity index (χ4v) is 4.29. The minimum absolute atomic E-state index is 0.255. The van der Waals surface area contributed by atoms with E-state index in [9.17, 15) is 17.6 Å². The standard InChI is InChI=1S/C21H27FN2O3S/c1-5-16-7-9-17(10-8-16)15(3)23-21(25)20(6-2)24(28(4,26)27)19-13-11-18(22)12-14-19/h7-15,20H,5-6H2,1-4H3,(H,23,25)/t15-,20-/m1/s1. The van der Waals surface area contributed by atoms with Crippen LogP contribution in [-0.4, -0.2) is 26.6 Å². The molecule has 2 aromatic carbocycles. The highest BCUT2D eigenvalue weighted by Gasteiger charge is 2.32. The molecule has 2 rings (SSSR count). The Bertz CT molecular complexity index is 896. The lowest BCUT2D eigenvalue weighted by atomic mass is 10.0. The molecular formula is C21H27FN2O3S. The maximum Gasteiger partial charge on any atom is 0.244 e. The summed E-state index contributed by atoms with van der Waals surface area (Å²) in [6.45, 7) is 5.67. The van der Waals surface area contributed by atoms with E-state index in [1.807, 2.05) is 31.2 Å². The van der Waals surface area contributed by atoms with Crippen LogP contribution >= 0.6 is 0 Å². The number of rotatable bonds is 8. The van der Waals surface area contributed by atoms with Crippen LogP contribution in [0.15, 0.2) is 48.5 Å². The van der Waals surface area contributed by atoms with Gasteiger partial charge in [-0.2, -0.15) is 0 Å².